The Morgan fingerprint density at radius 3 is 2.45 bits per heavy atom. The summed E-state index contributed by atoms with van der Waals surface area (Å²) < 4.78 is 0. The first-order chi connectivity index (χ1) is 9.72. The van der Waals surface area contributed by atoms with Gasteiger partial charge in [-0.05, 0) is 42.2 Å². The minimum atomic E-state index is 0.231. The van der Waals surface area contributed by atoms with Gasteiger partial charge >= 0.3 is 0 Å². The van der Waals surface area contributed by atoms with Crippen molar-refractivity contribution in [1.29, 1.82) is 5.26 Å². The van der Waals surface area contributed by atoms with Crippen LogP contribution in [0.1, 0.15) is 42.1 Å². The summed E-state index contributed by atoms with van der Waals surface area (Å²) in [7, 11) is 0. The van der Waals surface area contributed by atoms with Gasteiger partial charge in [0, 0.05) is 12.6 Å². The van der Waals surface area contributed by atoms with E-state index in [0.29, 0.717) is 5.56 Å². The van der Waals surface area contributed by atoms with E-state index in [9.17, 15) is 0 Å². The van der Waals surface area contributed by atoms with Crippen LogP contribution < -0.4 is 5.32 Å². The monoisotopic (exact) mass is 264 g/mol. The molecule has 0 aromatic heterocycles. The molecular formula is C18H20N2. The maximum Gasteiger partial charge on any atom is 0.0991 e. The fraction of sp³-hybridized carbons (Fsp3) is 0.278. The molecule has 1 N–H and O–H groups in total. The van der Waals surface area contributed by atoms with Crippen LogP contribution in [0.25, 0.3) is 0 Å². The number of nitrogens with zero attached hydrogens (tertiary/aromatic N) is 1. The molecule has 0 saturated heterocycles. The third kappa shape index (κ3) is 3.69. The van der Waals surface area contributed by atoms with Crippen molar-refractivity contribution in [1.82, 2.24) is 5.32 Å². The average Bonchev–Trinajstić information content (AvgIpc) is 2.53. The van der Waals surface area contributed by atoms with Crippen LogP contribution in [-0.4, -0.2) is 0 Å². The van der Waals surface area contributed by atoms with Crippen LogP contribution in [0.4, 0.5) is 0 Å². The Hall–Kier alpha value is -2.11. The topological polar surface area (TPSA) is 35.8 Å². The van der Waals surface area contributed by atoms with E-state index in [1.165, 1.54) is 11.1 Å². The number of hydrogen-bond donors (Lipinski definition) is 1. The molecule has 2 heteroatoms. The minimum absolute atomic E-state index is 0.231. The largest absolute Gasteiger partial charge is 0.306 e. The van der Waals surface area contributed by atoms with Crippen LogP contribution in [0.3, 0.4) is 0 Å². The lowest BCUT2D eigenvalue weighted by molar-refractivity contribution is 0.574. The number of rotatable bonds is 5. The average molecular weight is 264 g/mol. The molecule has 0 heterocycles. The molecule has 1 atom stereocenters. The Bertz CT molecular complexity index is 594. The van der Waals surface area contributed by atoms with E-state index in [4.69, 9.17) is 5.26 Å². The van der Waals surface area contributed by atoms with E-state index in [2.05, 4.69) is 55.6 Å². The number of aryl methyl sites for hydroxylation is 1. The van der Waals surface area contributed by atoms with E-state index >= 15 is 0 Å². The molecule has 0 aliphatic rings. The normalized spacial score (nSPS) is 11.8. The van der Waals surface area contributed by atoms with E-state index in [0.717, 1.165) is 18.5 Å². The molecule has 2 aromatic carbocycles. The summed E-state index contributed by atoms with van der Waals surface area (Å²) in [6.07, 6.45) is 1.07. The molecule has 2 nitrogen and oxygen atoms in total. The van der Waals surface area contributed by atoms with Crippen molar-refractivity contribution in [2.24, 2.45) is 0 Å². The van der Waals surface area contributed by atoms with Gasteiger partial charge in [-0.1, -0.05) is 43.3 Å². The zero-order valence-electron chi connectivity index (χ0n) is 12.1. The maximum absolute atomic E-state index is 8.93. The molecule has 20 heavy (non-hydrogen) atoms. The first-order valence-electron chi connectivity index (χ1n) is 7.04. The van der Waals surface area contributed by atoms with Crippen molar-refractivity contribution in [2.45, 2.75) is 32.9 Å². The fourth-order valence-electron chi connectivity index (χ4n) is 2.16. The Labute approximate surface area is 121 Å². The summed E-state index contributed by atoms with van der Waals surface area (Å²) in [5.41, 5.74) is 4.51. The summed E-state index contributed by atoms with van der Waals surface area (Å²) >= 11 is 0. The first-order valence-corrected chi connectivity index (χ1v) is 7.04. The van der Waals surface area contributed by atoms with Crippen molar-refractivity contribution in [3.05, 3.63) is 70.8 Å². The summed E-state index contributed by atoms with van der Waals surface area (Å²) in [6, 6.07) is 18.9. The summed E-state index contributed by atoms with van der Waals surface area (Å²) in [4.78, 5) is 0. The number of nitriles is 1. The standard InChI is InChI=1S/C18H20N2/c1-3-15-7-9-16(10-8-15)13-20-14(2)18-6-4-5-17(11-18)12-19/h4-11,14,20H,3,13H2,1-2H3. The zero-order chi connectivity index (χ0) is 14.4. The van der Waals surface area contributed by atoms with Crippen LogP contribution in [0.5, 0.6) is 0 Å². The van der Waals surface area contributed by atoms with Crippen LogP contribution in [-0.2, 0) is 13.0 Å². The van der Waals surface area contributed by atoms with Crippen LogP contribution >= 0.6 is 0 Å². The van der Waals surface area contributed by atoms with Gasteiger partial charge in [-0.15, -0.1) is 0 Å². The molecule has 1 unspecified atom stereocenters. The highest BCUT2D eigenvalue weighted by Crippen LogP contribution is 2.15. The quantitative estimate of drug-likeness (QED) is 0.887. The second-order valence-corrected chi connectivity index (χ2v) is 5.01. The van der Waals surface area contributed by atoms with Crippen molar-refractivity contribution in [2.75, 3.05) is 0 Å². The van der Waals surface area contributed by atoms with E-state index < -0.39 is 0 Å². The van der Waals surface area contributed by atoms with Crippen LogP contribution in [0.2, 0.25) is 0 Å². The summed E-state index contributed by atoms with van der Waals surface area (Å²) in [5.74, 6) is 0. The molecular weight excluding hydrogens is 244 g/mol. The van der Waals surface area contributed by atoms with Gasteiger partial charge in [-0.25, -0.2) is 0 Å². The molecule has 0 bridgehead atoms. The molecule has 0 spiro atoms. The van der Waals surface area contributed by atoms with Gasteiger partial charge in [-0.2, -0.15) is 5.26 Å². The molecule has 2 aromatic rings. The van der Waals surface area contributed by atoms with Gasteiger partial charge in [0.1, 0.15) is 0 Å². The highest BCUT2D eigenvalue weighted by atomic mass is 14.9. The van der Waals surface area contributed by atoms with Crippen molar-refractivity contribution >= 4 is 0 Å². The SMILES string of the molecule is CCc1ccc(CNC(C)c2cccc(C#N)c2)cc1. The second kappa shape index (κ2) is 6.88. The van der Waals surface area contributed by atoms with E-state index in [1.807, 2.05) is 18.2 Å². The molecule has 0 saturated carbocycles. The lowest BCUT2D eigenvalue weighted by atomic mass is 10.0. The fourth-order valence-corrected chi connectivity index (χ4v) is 2.16. The van der Waals surface area contributed by atoms with Gasteiger partial charge in [0.2, 0.25) is 0 Å². The Balaban J connectivity index is 1.97. The minimum Gasteiger partial charge on any atom is -0.306 e. The van der Waals surface area contributed by atoms with Crippen LogP contribution in [0.15, 0.2) is 48.5 Å². The van der Waals surface area contributed by atoms with Crippen molar-refractivity contribution in [3.63, 3.8) is 0 Å². The molecule has 102 valence electrons. The second-order valence-electron chi connectivity index (χ2n) is 5.01. The third-order valence-electron chi connectivity index (χ3n) is 3.56. The Kier molecular flexibility index (Phi) is 4.92. The van der Waals surface area contributed by atoms with Gasteiger partial charge in [0.05, 0.1) is 11.6 Å². The predicted octanol–water partition coefficient (Wildman–Crippen LogP) is 3.97. The lowest BCUT2D eigenvalue weighted by Crippen LogP contribution is -2.18. The van der Waals surface area contributed by atoms with Crippen LogP contribution in [0, 0.1) is 11.3 Å². The van der Waals surface area contributed by atoms with Gasteiger partial charge in [0.25, 0.3) is 0 Å². The predicted molar refractivity (Wildman–Crippen MR) is 82.2 cm³/mol. The molecule has 0 radical (unpaired) electrons. The number of nitrogens with one attached hydrogen (secondary N) is 1. The highest BCUT2D eigenvalue weighted by molar-refractivity contribution is 5.34. The number of benzene rings is 2. The number of hydrogen-bond acceptors (Lipinski definition) is 2. The molecule has 2 rings (SSSR count). The smallest absolute Gasteiger partial charge is 0.0991 e. The first kappa shape index (κ1) is 14.3. The van der Waals surface area contributed by atoms with E-state index in [1.54, 1.807) is 0 Å². The Morgan fingerprint density at radius 2 is 1.80 bits per heavy atom. The maximum atomic E-state index is 8.93. The van der Waals surface area contributed by atoms with Crippen molar-refractivity contribution in [3.8, 4) is 6.07 Å². The van der Waals surface area contributed by atoms with Gasteiger partial charge in [0.15, 0.2) is 0 Å². The lowest BCUT2D eigenvalue weighted by Gasteiger charge is -2.14. The molecule has 0 aliphatic heterocycles. The summed E-state index contributed by atoms with van der Waals surface area (Å²) in [5, 5.41) is 12.4. The van der Waals surface area contributed by atoms with Crippen molar-refractivity contribution < 1.29 is 0 Å². The third-order valence-corrected chi connectivity index (χ3v) is 3.56. The molecule has 0 amide bonds. The highest BCUT2D eigenvalue weighted by Gasteiger charge is 2.05. The summed E-state index contributed by atoms with van der Waals surface area (Å²) in [6.45, 7) is 5.12. The van der Waals surface area contributed by atoms with Gasteiger partial charge in [-0.3, -0.25) is 0 Å². The van der Waals surface area contributed by atoms with E-state index in [-0.39, 0.29) is 6.04 Å². The zero-order valence-corrected chi connectivity index (χ0v) is 12.1. The molecule has 0 fully saturated rings. The molecule has 0 aliphatic carbocycles. The Morgan fingerprint density at radius 1 is 1.10 bits per heavy atom. The van der Waals surface area contributed by atoms with Gasteiger partial charge < -0.3 is 5.32 Å².